The monoisotopic (exact) mass is 372 g/mol. The number of benzene rings is 2. The van der Waals surface area contributed by atoms with Crippen LogP contribution in [0.25, 0.3) is 0 Å². The van der Waals surface area contributed by atoms with Gasteiger partial charge in [0, 0.05) is 12.1 Å². The van der Waals surface area contributed by atoms with Crippen LogP contribution < -0.4 is 4.74 Å². The zero-order valence-electron chi connectivity index (χ0n) is 15.5. The fraction of sp³-hybridized carbons (Fsp3) is 0.429. The van der Waals surface area contributed by atoms with Gasteiger partial charge in [0.2, 0.25) is 0 Å². The van der Waals surface area contributed by atoms with Crippen LogP contribution in [0.2, 0.25) is 0 Å². The van der Waals surface area contributed by atoms with E-state index in [1.54, 1.807) is 18.2 Å². The van der Waals surface area contributed by atoms with Crippen molar-refractivity contribution in [3.8, 4) is 5.75 Å². The number of nitroso groups, excluding NO2 is 1. The summed E-state index contributed by atoms with van der Waals surface area (Å²) in [5, 5.41) is 13.8. The van der Waals surface area contributed by atoms with Gasteiger partial charge >= 0.3 is 0 Å². The lowest BCUT2D eigenvalue weighted by Crippen LogP contribution is -2.36. The normalized spacial score (nSPS) is 16.9. The summed E-state index contributed by atoms with van der Waals surface area (Å²) < 4.78 is 18.3. The van der Waals surface area contributed by atoms with Crippen molar-refractivity contribution in [1.29, 1.82) is 0 Å². The van der Waals surface area contributed by atoms with Crippen molar-refractivity contribution >= 4 is 5.69 Å². The fourth-order valence-corrected chi connectivity index (χ4v) is 3.75. The first kappa shape index (κ1) is 19.5. The molecule has 0 aromatic heterocycles. The molecule has 1 unspecified atom stereocenters. The molecular formula is C21H25FN2O3. The molecule has 3 rings (SSSR count). The summed E-state index contributed by atoms with van der Waals surface area (Å²) in [5.74, 6) is 0.263. The number of rotatable bonds is 7. The van der Waals surface area contributed by atoms with Crippen molar-refractivity contribution in [2.45, 2.75) is 25.4 Å². The minimum atomic E-state index is -0.680. The van der Waals surface area contributed by atoms with Crippen LogP contribution in [-0.2, 0) is 6.42 Å². The Kier molecular flexibility index (Phi) is 6.53. The Bertz CT molecular complexity index is 759. The summed E-state index contributed by atoms with van der Waals surface area (Å²) in [4.78, 5) is 13.3. The number of halogens is 1. The third kappa shape index (κ3) is 4.70. The number of likely N-dealkylation sites (tertiary alicyclic amines) is 1. The molecule has 2 aromatic rings. The summed E-state index contributed by atoms with van der Waals surface area (Å²) in [6.07, 6.45) is 1.94. The number of nitrogens with zero attached hydrogens (tertiary/aromatic N) is 2. The zero-order valence-corrected chi connectivity index (χ0v) is 15.5. The molecular weight excluding hydrogens is 347 g/mol. The van der Waals surface area contributed by atoms with E-state index < -0.39 is 6.10 Å². The lowest BCUT2D eigenvalue weighted by molar-refractivity contribution is 0.0576. The van der Waals surface area contributed by atoms with Crippen LogP contribution in [0.4, 0.5) is 10.1 Å². The molecule has 0 radical (unpaired) electrons. The van der Waals surface area contributed by atoms with E-state index in [0.717, 1.165) is 44.5 Å². The van der Waals surface area contributed by atoms with E-state index in [-0.39, 0.29) is 17.4 Å². The second-order valence-electron chi connectivity index (χ2n) is 6.99. The number of ether oxygens (including phenoxy) is 1. The summed E-state index contributed by atoms with van der Waals surface area (Å²) in [6.45, 7) is 2.72. The van der Waals surface area contributed by atoms with Crippen LogP contribution in [0.15, 0.2) is 47.6 Å². The van der Waals surface area contributed by atoms with Gasteiger partial charge in [-0.2, -0.15) is 0 Å². The Hall–Kier alpha value is -2.31. The first-order chi connectivity index (χ1) is 13.1. The van der Waals surface area contributed by atoms with Crippen LogP contribution in [0, 0.1) is 16.6 Å². The number of aliphatic hydroxyl groups excluding tert-OH is 1. The fourth-order valence-electron chi connectivity index (χ4n) is 3.75. The molecule has 5 nitrogen and oxygen atoms in total. The Balaban J connectivity index is 1.56. The van der Waals surface area contributed by atoms with Gasteiger partial charge in [0.05, 0.1) is 13.2 Å². The predicted molar refractivity (Wildman–Crippen MR) is 103 cm³/mol. The molecule has 1 saturated heterocycles. The SMILES string of the molecule is COc1c(N=O)cccc1C(O)C1CCN(CCc2ccc(F)cc2)CC1. The maximum Gasteiger partial charge on any atom is 0.153 e. The van der Waals surface area contributed by atoms with Gasteiger partial charge in [-0.1, -0.05) is 24.3 Å². The molecule has 1 atom stereocenters. The van der Waals surface area contributed by atoms with Crippen molar-refractivity contribution in [3.05, 3.63) is 64.3 Å². The largest absolute Gasteiger partial charge is 0.494 e. The molecule has 0 bridgehead atoms. The highest BCUT2D eigenvalue weighted by Crippen LogP contribution is 2.40. The highest BCUT2D eigenvalue weighted by molar-refractivity contribution is 5.56. The number of para-hydroxylation sites is 1. The molecule has 0 aliphatic carbocycles. The van der Waals surface area contributed by atoms with Gasteiger partial charge in [-0.25, -0.2) is 4.39 Å². The Labute approximate surface area is 158 Å². The smallest absolute Gasteiger partial charge is 0.153 e. The van der Waals surface area contributed by atoms with Gasteiger partial charge in [0.15, 0.2) is 5.75 Å². The van der Waals surface area contributed by atoms with E-state index in [2.05, 4.69) is 10.1 Å². The number of methoxy groups -OCH3 is 1. The number of aliphatic hydroxyl groups is 1. The second-order valence-corrected chi connectivity index (χ2v) is 6.99. The van der Waals surface area contributed by atoms with Gasteiger partial charge in [0.25, 0.3) is 0 Å². The molecule has 1 aliphatic rings. The predicted octanol–water partition coefficient (Wildman–Crippen LogP) is 4.22. The molecule has 0 saturated carbocycles. The minimum absolute atomic E-state index is 0.114. The van der Waals surface area contributed by atoms with Crippen LogP contribution in [0.3, 0.4) is 0 Å². The average Bonchev–Trinajstić information content (AvgIpc) is 2.72. The lowest BCUT2D eigenvalue weighted by Gasteiger charge is -2.34. The molecule has 0 spiro atoms. The van der Waals surface area contributed by atoms with E-state index in [1.165, 1.54) is 19.2 Å². The number of hydrogen-bond donors (Lipinski definition) is 1. The van der Waals surface area contributed by atoms with Crippen molar-refractivity contribution < 1.29 is 14.2 Å². The van der Waals surface area contributed by atoms with Gasteiger partial charge < -0.3 is 14.7 Å². The quantitative estimate of drug-likeness (QED) is 0.739. The van der Waals surface area contributed by atoms with Gasteiger partial charge in [-0.05, 0) is 67.2 Å². The van der Waals surface area contributed by atoms with Gasteiger partial charge in [-0.15, -0.1) is 4.91 Å². The van der Waals surface area contributed by atoms with Crippen LogP contribution in [0.5, 0.6) is 5.75 Å². The van der Waals surface area contributed by atoms with Crippen molar-refractivity contribution in [3.63, 3.8) is 0 Å². The van der Waals surface area contributed by atoms with Crippen LogP contribution >= 0.6 is 0 Å². The van der Waals surface area contributed by atoms with Crippen molar-refractivity contribution in [2.75, 3.05) is 26.7 Å². The van der Waals surface area contributed by atoms with E-state index in [4.69, 9.17) is 4.74 Å². The second kappa shape index (κ2) is 9.06. The van der Waals surface area contributed by atoms with E-state index >= 15 is 0 Å². The maximum absolute atomic E-state index is 13.0. The van der Waals surface area contributed by atoms with E-state index in [1.807, 2.05) is 12.1 Å². The van der Waals surface area contributed by atoms with Gasteiger partial charge in [-0.3, -0.25) is 0 Å². The third-order valence-corrected chi connectivity index (χ3v) is 5.35. The third-order valence-electron chi connectivity index (χ3n) is 5.35. The summed E-state index contributed by atoms with van der Waals surface area (Å²) >= 11 is 0. The number of hydrogen-bond acceptors (Lipinski definition) is 5. The zero-order chi connectivity index (χ0) is 19.2. The van der Waals surface area contributed by atoms with Crippen LogP contribution in [-0.4, -0.2) is 36.8 Å². The van der Waals surface area contributed by atoms with Crippen molar-refractivity contribution in [2.24, 2.45) is 11.1 Å². The molecule has 0 amide bonds. The molecule has 1 N–H and O–H groups in total. The highest BCUT2D eigenvalue weighted by atomic mass is 19.1. The molecule has 144 valence electrons. The first-order valence-electron chi connectivity index (χ1n) is 9.27. The van der Waals surface area contributed by atoms with E-state index in [0.29, 0.717) is 11.3 Å². The van der Waals surface area contributed by atoms with E-state index in [9.17, 15) is 14.4 Å². The summed E-state index contributed by atoms with van der Waals surface area (Å²) in [5.41, 5.74) is 1.96. The molecule has 1 aliphatic heterocycles. The topological polar surface area (TPSA) is 62.1 Å². The molecule has 1 heterocycles. The standard InChI is InChI=1S/C21H25FN2O3/c1-27-21-18(3-2-4-19(21)23-26)20(25)16-10-13-24(14-11-16)12-9-15-5-7-17(22)8-6-15/h2-8,16,20,25H,9-14H2,1H3. The van der Waals surface area contributed by atoms with Crippen LogP contribution in [0.1, 0.15) is 30.1 Å². The maximum atomic E-state index is 13.0. The minimum Gasteiger partial charge on any atom is -0.494 e. The van der Waals surface area contributed by atoms with Crippen molar-refractivity contribution in [1.82, 2.24) is 4.90 Å². The Morgan fingerprint density at radius 3 is 2.56 bits per heavy atom. The first-order valence-corrected chi connectivity index (χ1v) is 9.27. The molecule has 6 heteroatoms. The lowest BCUT2D eigenvalue weighted by atomic mass is 9.86. The average molecular weight is 372 g/mol. The van der Waals surface area contributed by atoms with Gasteiger partial charge in [0.1, 0.15) is 11.5 Å². The molecule has 27 heavy (non-hydrogen) atoms. The Morgan fingerprint density at radius 2 is 1.93 bits per heavy atom. The number of piperidine rings is 1. The highest BCUT2D eigenvalue weighted by Gasteiger charge is 2.28. The molecule has 2 aromatic carbocycles. The summed E-state index contributed by atoms with van der Waals surface area (Å²) in [7, 11) is 1.48. The molecule has 1 fully saturated rings. The summed E-state index contributed by atoms with van der Waals surface area (Å²) in [6, 6.07) is 11.7. The Morgan fingerprint density at radius 1 is 1.22 bits per heavy atom.